The molecule has 3 rings (SSSR count). The minimum absolute atomic E-state index is 0.127. The number of aromatic nitrogens is 3. The molecule has 0 saturated heterocycles. The van der Waals surface area contributed by atoms with E-state index >= 15 is 0 Å². The van der Waals surface area contributed by atoms with Crippen LogP contribution < -0.4 is 5.32 Å². The molecular weight excluding hydrogens is 336 g/mol. The number of hydrogen-bond acceptors (Lipinski definition) is 3. The molecule has 0 fully saturated rings. The normalized spacial score (nSPS) is 12.6. The number of pyridine rings is 1. The van der Waals surface area contributed by atoms with Crippen LogP contribution in [0.25, 0.3) is 11.0 Å². The second-order valence-electron chi connectivity index (χ2n) is 6.46. The van der Waals surface area contributed by atoms with E-state index < -0.39 is 0 Å². The summed E-state index contributed by atoms with van der Waals surface area (Å²) in [6.45, 7) is 7.90. The smallest absolute Gasteiger partial charge is 0.253 e. The fourth-order valence-corrected chi connectivity index (χ4v) is 2.91. The highest BCUT2D eigenvalue weighted by atomic mass is 35.5. The van der Waals surface area contributed by atoms with Crippen molar-refractivity contribution in [3.05, 3.63) is 58.4 Å². The summed E-state index contributed by atoms with van der Waals surface area (Å²) < 4.78 is 1.86. The molecule has 6 heteroatoms. The lowest BCUT2D eigenvalue weighted by molar-refractivity contribution is 0.0939. The molecule has 0 radical (unpaired) electrons. The molecule has 5 nitrogen and oxygen atoms in total. The van der Waals surface area contributed by atoms with Gasteiger partial charge in [-0.3, -0.25) is 4.79 Å². The van der Waals surface area contributed by atoms with Crippen LogP contribution in [0.1, 0.15) is 54.5 Å². The van der Waals surface area contributed by atoms with Gasteiger partial charge in [-0.05, 0) is 51.5 Å². The summed E-state index contributed by atoms with van der Waals surface area (Å²) >= 11 is 5.91. The van der Waals surface area contributed by atoms with Crippen LogP contribution in [0.15, 0.2) is 36.5 Å². The van der Waals surface area contributed by atoms with Gasteiger partial charge in [0.25, 0.3) is 5.91 Å². The molecule has 2 aromatic heterocycles. The molecule has 0 aliphatic rings. The van der Waals surface area contributed by atoms with Crippen molar-refractivity contribution in [1.29, 1.82) is 0 Å². The van der Waals surface area contributed by atoms with Crippen LogP contribution in [0.2, 0.25) is 5.02 Å². The van der Waals surface area contributed by atoms with Gasteiger partial charge in [0, 0.05) is 16.5 Å². The average Bonchev–Trinajstić information content (AvgIpc) is 2.97. The van der Waals surface area contributed by atoms with Crippen molar-refractivity contribution in [2.75, 3.05) is 0 Å². The Bertz CT molecular complexity index is 915. The molecule has 0 bridgehead atoms. The van der Waals surface area contributed by atoms with Gasteiger partial charge in [0.2, 0.25) is 0 Å². The highest BCUT2D eigenvalue weighted by molar-refractivity contribution is 6.30. The van der Waals surface area contributed by atoms with Gasteiger partial charge in [0.05, 0.1) is 23.5 Å². The number of carbonyl (C=O) groups is 1. The molecular formula is C19H21ClN4O. The Labute approximate surface area is 152 Å². The molecule has 3 aromatic rings. The molecule has 0 saturated carbocycles. The van der Waals surface area contributed by atoms with Gasteiger partial charge in [-0.25, -0.2) is 9.67 Å². The predicted octanol–water partition coefficient (Wildman–Crippen LogP) is 4.47. The molecule has 130 valence electrons. The lowest BCUT2D eigenvalue weighted by Gasteiger charge is -2.15. The monoisotopic (exact) mass is 356 g/mol. The van der Waals surface area contributed by atoms with Crippen LogP contribution in [0.4, 0.5) is 0 Å². The summed E-state index contributed by atoms with van der Waals surface area (Å²) in [6, 6.07) is 9.40. The zero-order valence-corrected chi connectivity index (χ0v) is 15.5. The Morgan fingerprint density at radius 3 is 2.52 bits per heavy atom. The molecule has 1 aromatic carbocycles. The molecule has 1 amide bonds. The highest BCUT2D eigenvalue weighted by Gasteiger charge is 2.17. The number of halogens is 1. The molecule has 1 atom stereocenters. The van der Waals surface area contributed by atoms with E-state index in [9.17, 15) is 4.79 Å². The maximum atomic E-state index is 12.7. The molecule has 0 aliphatic heterocycles. The van der Waals surface area contributed by atoms with E-state index in [-0.39, 0.29) is 18.0 Å². The molecule has 2 heterocycles. The number of nitrogens with zero attached hydrogens (tertiary/aromatic N) is 3. The van der Waals surface area contributed by atoms with Crippen molar-refractivity contribution in [2.45, 2.75) is 39.8 Å². The van der Waals surface area contributed by atoms with Crippen LogP contribution in [0, 0.1) is 6.92 Å². The fourth-order valence-electron chi connectivity index (χ4n) is 2.78. The number of carbonyl (C=O) groups excluding carboxylic acids is 1. The molecule has 25 heavy (non-hydrogen) atoms. The van der Waals surface area contributed by atoms with Crippen LogP contribution in [-0.4, -0.2) is 20.7 Å². The Balaban J connectivity index is 1.86. The second-order valence-corrected chi connectivity index (χ2v) is 6.90. The predicted molar refractivity (Wildman–Crippen MR) is 100.0 cm³/mol. The van der Waals surface area contributed by atoms with E-state index in [2.05, 4.69) is 29.2 Å². The van der Waals surface area contributed by atoms with E-state index in [4.69, 9.17) is 11.6 Å². The Morgan fingerprint density at radius 2 is 1.88 bits per heavy atom. The Kier molecular flexibility index (Phi) is 4.77. The van der Waals surface area contributed by atoms with Gasteiger partial charge in [0.15, 0.2) is 5.65 Å². The quantitative estimate of drug-likeness (QED) is 0.750. The third kappa shape index (κ3) is 3.51. The Hall–Kier alpha value is -2.40. The van der Waals surface area contributed by atoms with Crippen molar-refractivity contribution in [1.82, 2.24) is 20.1 Å². The van der Waals surface area contributed by atoms with Gasteiger partial charge in [-0.2, -0.15) is 5.10 Å². The summed E-state index contributed by atoms with van der Waals surface area (Å²) in [7, 11) is 0. The average molecular weight is 357 g/mol. The first-order valence-electron chi connectivity index (χ1n) is 8.28. The number of hydrogen-bond donors (Lipinski definition) is 1. The largest absolute Gasteiger partial charge is 0.345 e. The minimum atomic E-state index is -0.147. The van der Waals surface area contributed by atoms with Gasteiger partial charge in [-0.15, -0.1) is 0 Å². The third-order valence-corrected chi connectivity index (χ3v) is 4.46. The SMILES string of the molecule is Cc1nc2c(cnn2C(C)C)cc1C(=O)N[C@@H](C)c1ccc(Cl)cc1. The first-order valence-corrected chi connectivity index (χ1v) is 8.66. The topological polar surface area (TPSA) is 59.8 Å². The van der Waals surface area contributed by atoms with E-state index in [0.29, 0.717) is 16.3 Å². The van der Waals surface area contributed by atoms with Crippen LogP contribution in [-0.2, 0) is 0 Å². The number of nitrogens with one attached hydrogen (secondary N) is 1. The second kappa shape index (κ2) is 6.84. The zero-order chi connectivity index (χ0) is 18.1. The van der Waals surface area contributed by atoms with Crippen LogP contribution >= 0.6 is 11.6 Å². The molecule has 0 aliphatic carbocycles. The summed E-state index contributed by atoms with van der Waals surface area (Å²) in [4.78, 5) is 17.3. The van der Waals surface area contributed by atoms with Crippen molar-refractivity contribution in [3.8, 4) is 0 Å². The number of rotatable bonds is 4. The first-order chi connectivity index (χ1) is 11.9. The summed E-state index contributed by atoms with van der Waals surface area (Å²) in [5, 5.41) is 8.92. The molecule has 0 spiro atoms. The van der Waals surface area contributed by atoms with E-state index in [1.54, 1.807) is 6.20 Å². The first kappa shape index (κ1) is 17.4. The van der Waals surface area contributed by atoms with Crippen molar-refractivity contribution in [3.63, 3.8) is 0 Å². The lowest BCUT2D eigenvalue weighted by atomic mass is 10.1. The number of fused-ring (bicyclic) bond motifs is 1. The van der Waals surface area contributed by atoms with Gasteiger partial charge in [0.1, 0.15) is 0 Å². The minimum Gasteiger partial charge on any atom is -0.345 e. The number of aryl methyl sites for hydroxylation is 1. The van der Waals surface area contributed by atoms with E-state index in [0.717, 1.165) is 16.6 Å². The maximum absolute atomic E-state index is 12.7. The molecule has 0 unspecified atom stereocenters. The Morgan fingerprint density at radius 1 is 1.20 bits per heavy atom. The van der Waals surface area contributed by atoms with Gasteiger partial charge >= 0.3 is 0 Å². The summed E-state index contributed by atoms with van der Waals surface area (Å²) in [6.07, 6.45) is 1.75. The lowest BCUT2D eigenvalue weighted by Crippen LogP contribution is -2.27. The standard InChI is InChI=1S/C19H21ClN4O/c1-11(2)24-18-15(10-21-24)9-17(13(4)22-18)19(25)23-12(3)14-5-7-16(20)8-6-14/h5-12H,1-4H3,(H,23,25)/t12-/m0/s1. The van der Waals surface area contributed by atoms with Gasteiger partial charge < -0.3 is 5.32 Å². The van der Waals surface area contributed by atoms with Crippen LogP contribution in [0.5, 0.6) is 0 Å². The van der Waals surface area contributed by atoms with Crippen molar-refractivity contribution >= 4 is 28.5 Å². The maximum Gasteiger partial charge on any atom is 0.253 e. The van der Waals surface area contributed by atoms with Gasteiger partial charge in [-0.1, -0.05) is 23.7 Å². The van der Waals surface area contributed by atoms with Crippen molar-refractivity contribution in [2.24, 2.45) is 0 Å². The fraction of sp³-hybridized carbons (Fsp3) is 0.316. The third-order valence-electron chi connectivity index (χ3n) is 4.21. The zero-order valence-electron chi connectivity index (χ0n) is 14.7. The van der Waals surface area contributed by atoms with E-state index in [1.165, 1.54) is 0 Å². The van der Waals surface area contributed by atoms with E-state index in [1.807, 2.05) is 48.9 Å². The van der Waals surface area contributed by atoms with Crippen LogP contribution in [0.3, 0.4) is 0 Å². The summed E-state index contributed by atoms with van der Waals surface area (Å²) in [5.41, 5.74) is 3.05. The summed E-state index contributed by atoms with van der Waals surface area (Å²) in [5.74, 6) is -0.147. The molecule has 1 N–H and O–H groups in total. The number of amides is 1. The highest BCUT2D eigenvalue weighted by Crippen LogP contribution is 2.21. The van der Waals surface area contributed by atoms with Crippen molar-refractivity contribution < 1.29 is 4.79 Å². The number of benzene rings is 1.